The maximum Gasteiger partial charge on any atom is 0.271 e. The molecule has 118 valence electrons. The van der Waals surface area contributed by atoms with Crippen molar-refractivity contribution in [3.05, 3.63) is 59.2 Å². The van der Waals surface area contributed by atoms with Crippen LogP contribution in [0.3, 0.4) is 0 Å². The Balaban J connectivity index is 1.73. The number of carbonyl (C=O) groups excluding carboxylic acids is 1. The van der Waals surface area contributed by atoms with Crippen molar-refractivity contribution in [2.45, 2.75) is 6.92 Å². The maximum absolute atomic E-state index is 13.2. The molecule has 3 rings (SSSR count). The van der Waals surface area contributed by atoms with Gasteiger partial charge in [-0.2, -0.15) is 5.10 Å². The van der Waals surface area contributed by atoms with Crippen molar-refractivity contribution < 1.29 is 23.0 Å². The minimum atomic E-state index is -0.973. The third-order valence-electron chi connectivity index (χ3n) is 3.30. The molecule has 0 fully saturated rings. The van der Waals surface area contributed by atoms with Crippen LogP contribution in [0.15, 0.2) is 41.5 Å². The summed E-state index contributed by atoms with van der Waals surface area (Å²) in [6.45, 7) is 1.69. The fraction of sp³-hybridized carbons (Fsp3) is 0.125. The van der Waals surface area contributed by atoms with Crippen LogP contribution >= 0.6 is 0 Å². The minimum Gasteiger partial charge on any atom is -0.454 e. The molecular weight excluding hydrogens is 306 g/mol. The molecule has 1 amide bonds. The summed E-state index contributed by atoms with van der Waals surface area (Å²) >= 11 is 0. The van der Waals surface area contributed by atoms with Crippen molar-refractivity contribution >= 4 is 11.6 Å². The van der Waals surface area contributed by atoms with Gasteiger partial charge in [-0.25, -0.2) is 14.2 Å². The van der Waals surface area contributed by atoms with Gasteiger partial charge in [0.2, 0.25) is 6.79 Å². The van der Waals surface area contributed by atoms with Crippen molar-refractivity contribution in [2.75, 3.05) is 6.79 Å². The average molecular weight is 318 g/mol. The minimum absolute atomic E-state index is 0.119. The second-order valence-electron chi connectivity index (χ2n) is 4.84. The summed E-state index contributed by atoms with van der Waals surface area (Å²) in [5.74, 6) is -1.31. The zero-order valence-corrected chi connectivity index (χ0v) is 12.1. The van der Waals surface area contributed by atoms with Crippen LogP contribution in [0.2, 0.25) is 0 Å². The van der Waals surface area contributed by atoms with Gasteiger partial charge in [-0.3, -0.25) is 4.79 Å². The molecule has 7 heteroatoms. The first-order valence-corrected chi connectivity index (χ1v) is 6.74. The van der Waals surface area contributed by atoms with E-state index in [1.54, 1.807) is 25.1 Å². The fourth-order valence-electron chi connectivity index (χ4n) is 2.02. The third-order valence-corrected chi connectivity index (χ3v) is 3.30. The molecule has 1 N–H and O–H groups in total. The Morgan fingerprint density at radius 1 is 1.04 bits per heavy atom. The molecular formula is C16H12F2N2O3. The predicted octanol–water partition coefficient (Wildman–Crippen LogP) is 2.85. The van der Waals surface area contributed by atoms with E-state index in [0.717, 1.165) is 12.1 Å². The molecule has 1 aliphatic heterocycles. The SMILES string of the molecule is C/C(=N/NC(=O)c1ccc2c(c1)OCO2)c1ccc(F)c(F)c1. The fourth-order valence-corrected chi connectivity index (χ4v) is 2.02. The Morgan fingerprint density at radius 3 is 2.57 bits per heavy atom. The van der Waals surface area contributed by atoms with E-state index < -0.39 is 17.5 Å². The number of nitrogens with zero attached hydrogens (tertiary/aromatic N) is 1. The summed E-state index contributed by atoms with van der Waals surface area (Å²) in [6.07, 6.45) is 0. The van der Waals surface area contributed by atoms with Crippen molar-refractivity contribution in [3.63, 3.8) is 0 Å². The summed E-state index contributed by atoms with van der Waals surface area (Å²) in [6, 6.07) is 8.14. The maximum atomic E-state index is 13.2. The second kappa shape index (κ2) is 6.04. The number of hydrogen-bond acceptors (Lipinski definition) is 4. The lowest BCUT2D eigenvalue weighted by Crippen LogP contribution is -2.19. The summed E-state index contributed by atoms with van der Waals surface area (Å²) in [5, 5.41) is 3.89. The molecule has 0 radical (unpaired) electrons. The highest BCUT2D eigenvalue weighted by molar-refractivity contribution is 6.01. The van der Waals surface area contributed by atoms with Crippen LogP contribution in [-0.2, 0) is 0 Å². The molecule has 5 nitrogen and oxygen atoms in total. The van der Waals surface area contributed by atoms with Gasteiger partial charge in [-0.1, -0.05) is 0 Å². The third kappa shape index (κ3) is 3.13. The molecule has 0 aromatic heterocycles. The molecule has 0 saturated heterocycles. The molecule has 0 atom stereocenters. The van der Waals surface area contributed by atoms with Gasteiger partial charge in [0.1, 0.15) is 0 Å². The lowest BCUT2D eigenvalue weighted by molar-refractivity contribution is 0.0954. The highest BCUT2D eigenvalue weighted by Gasteiger charge is 2.16. The molecule has 0 spiro atoms. The van der Waals surface area contributed by atoms with Gasteiger partial charge in [-0.15, -0.1) is 0 Å². The number of amides is 1. The van der Waals surface area contributed by atoms with E-state index in [0.29, 0.717) is 28.3 Å². The van der Waals surface area contributed by atoms with Crippen molar-refractivity contribution in [1.82, 2.24) is 5.43 Å². The largest absolute Gasteiger partial charge is 0.454 e. The molecule has 2 aromatic rings. The van der Waals surface area contributed by atoms with Gasteiger partial charge in [0.05, 0.1) is 5.71 Å². The first kappa shape index (κ1) is 15.0. The molecule has 23 heavy (non-hydrogen) atoms. The first-order chi connectivity index (χ1) is 11.0. The zero-order valence-electron chi connectivity index (χ0n) is 12.1. The molecule has 0 unspecified atom stereocenters. The molecule has 2 aromatic carbocycles. The topological polar surface area (TPSA) is 59.9 Å². The zero-order chi connectivity index (χ0) is 16.4. The van der Waals surface area contributed by atoms with Crippen molar-refractivity contribution in [3.8, 4) is 11.5 Å². The highest BCUT2D eigenvalue weighted by atomic mass is 19.2. The first-order valence-electron chi connectivity index (χ1n) is 6.74. The Labute approximate surface area is 130 Å². The van der Waals surface area contributed by atoms with Crippen molar-refractivity contribution in [2.24, 2.45) is 5.10 Å². The van der Waals surface area contributed by atoms with Gasteiger partial charge in [0.25, 0.3) is 5.91 Å². The number of halogens is 2. The van der Waals surface area contributed by atoms with Crippen molar-refractivity contribution in [1.29, 1.82) is 0 Å². The van der Waals surface area contributed by atoms with Crippen LogP contribution in [-0.4, -0.2) is 18.4 Å². The summed E-state index contributed by atoms with van der Waals surface area (Å²) in [4.78, 5) is 12.1. The standard InChI is InChI=1S/C16H12F2N2O3/c1-9(10-2-4-12(17)13(18)6-10)19-20-16(21)11-3-5-14-15(7-11)23-8-22-14/h2-7H,8H2,1H3,(H,20,21)/b19-9-. The Kier molecular flexibility index (Phi) is 3.92. The van der Waals surface area contributed by atoms with Gasteiger partial charge >= 0.3 is 0 Å². The molecule has 0 saturated carbocycles. The van der Waals surface area contributed by atoms with Gasteiger partial charge in [-0.05, 0) is 43.3 Å². The van der Waals surface area contributed by atoms with Crippen LogP contribution in [0.25, 0.3) is 0 Å². The number of fused-ring (bicyclic) bond motifs is 1. The van der Waals surface area contributed by atoms with Crippen LogP contribution < -0.4 is 14.9 Å². The van der Waals surface area contributed by atoms with Gasteiger partial charge < -0.3 is 9.47 Å². The molecule has 1 aliphatic rings. The Bertz CT molecular complexity index is 806. The van der Waals surface area contributed by atoms with Crippen LogP contribution in [0.1, 0.15) is 22.8 Å². The molecule has 0 bridgehead atoms. The molecule has 0 aliphatic carbocycles. The number of benzene rings is 2. The highest BCUT2D eigenvalue weighted by Crippen LogP contribution is 2.32. The van der Waals surface area contributed by atoms with E-state index in [1.807, 2.05) is 0 Å². The van der Waals surface area contributed by atoms with Crippen LogP contribution in [0, 0.1) is 11.6 Å². The Hall–Kier alpha value is -2.96. The number of carbonyl (C=O) groups is 1. The lowest BCUT2D eigenvalue weighted by atomic mass is 10.1. The summed E-state index contributed by atoms with van der Waals surface area (Å²) in [7, 11) is 0. The van der Waals surface area contributed by atoms with E-state index in [2.05, 4.69) is 10.5 Å². The van der Waals surface area contributed by atoms with E-state index >= 15 is 0 Å². The smallest absolute Gasteiger partial charge is 0.271 e. The normalized spacial score (nSPS) is 13.1. The van der Waals surface area contributed by atoms with Gasteiger partial charge in [0.15, 0.2) is 23.1 Å². The Morgan fingerprint density at radius 2 is 1.78 bits per heavy atom. The quantitative estimate of drug-likeness (QED) is 0.699. The number of nitrogens with one attached hydrogen (secondary N) is 1. The number of ether oxygens (including phenoxy) is 2. The average Bonchev–Trinajstić information content (AvgIpc) is 3.02. The molecule has 1 heterocycles. The summed E-state index contributed by atoms with van der Waals surface area (Å²) < 4.78 is 36.4. The van der Waals surface area contributed by atoms with Crippen LogP contribution in [0.5, 0.6) is 11.5 Å². The number of rotatable bonds is 3. The number of hydrogen-bond donors (Lipinski definition) is 1. The number of hydrazone groups is 1. The monoisotopic (exact) mass is 318 g/mol. The van der Waals surface area contributed by atoms with E-state index in [-0.39, 0.29) is 6.79 Å². The summed E-state index contributed by atoms with van der Waals surface area (Å²) in [5.41, 5.74) is 3.42. The predicted molar refractivity (Wildman–Crippen MR) is 78.6 cm³/mol. The van der Waals surface area contributed by atoms with Gasteiger partial charge in [0, 0.05) is 11.1 Å². The van der Waals surface area contributed by atoms with Crippen LogP contribution in [0.4, 0.5) is 8.78 Å². The van der Waals surface area contributed by atoms with E-state index in [9.17, 15) is 13.6 Å². The van der Waals surface area contributed by atoms with E-state index in [4.69, 9.17) is 9.47 Å². The lowest BCUT2D eigenvalue weighted by Gasteiger charge is -2.04. The second-order valence-corrected chi connectivity index (χ2v) is 4.84. The van der Waals surface area contributed by atoms with E-state index in [1.165, 1.54) is 6.07 Å².